The predicted molar refractivity (Wildman–Crippen MR) is 57.4 cm³/mol. The van der Waals surface area contributed by atoms with Crippen LogP contribution < -0.4 is 0 Å². The molecule has 7 heteroatoms. The smallest absolute Gasteiger partial charge is 0.316 e. The third-order valence-corrected chi connectivity index (χ3v) is 3.69. The summed E-state index contributed by atoms with van der Waals surface area (Å²) in [5.74, 6) is -1.18. The van der Waals surface area contributed by atoms with Crippen molar-refractivity contribution in [3.05, 3.63) is 23.5 Å². The molecule has 5 nitrogen and oxygen atoms in total. The molecule has 0 saturated carbocycles. The van der Waals surface area contributed by atoms with Crippen molar-refractivity contribution < 1.29 is 14.1 Å². The molecule has 0 spiro atoms. The van der Waals surface area contributed by atoms with Crippen molar-refractivity contribution in [1.29, 1.82) is 0 Å². The van der Waals surface area contributed by atoms with Gasteiger partial charge in [-0.2, -0.15) is 0 Å². The van der Waals surface area contributed by atoms with Crippen molar-refractivity contribution in [2.75, 3.05) is 5.75 Å². The Balaban J connectivity index is 2.09. The number of carbonyl (C=O) groups is 1. The molecule has 0 aromatic carbocycles. The molecule has 2 aromatic rings. The highest BCUT2D eigenvalue weighted by Crippen LogP contribution is 2.12. The predicted octanol–water partition coefficient (Wildman–Crippen LogP) is 0.729. The van der Waals surface area contributed by atoms with Gasteiger partial charge in [-0.15, -0.1) is 11.3 Å². The molecule has 0 saturated heterocycles. The number of hydrogen-bond acceptors (Lipinski definition) is 4. The Bertz CT molecular complexity index is 488. The number of nitrogens with zero attached hydrogens (tertiary/aromatic N) is 2. The van der Waals surface area contributed by atoms with Gasteiger partial charge < -0.3 is 5.11 Å². The zero-order chi connectivity index (χ0) is 10.8. The lowest BCUT2D eigenvalue weighted by atomic mass is 10.6. The Kier molecular flexibility index (Phi) is 2.83. The molecule has 1 N–H and O–H groups in total. The SMILES string of the molecule is O=C(O)CS(=O)Cc1cn2ccsc2n1. The van der Waals surface area contributed by atoms with Gasteiger partial charge in [-0.1, -0.05) is 0 Å². The highest BCUT2D eigenvalue weighted by atomic mass is 32.2. The van der Waals surface area contributed by atoms with E-state index in [2.05, 4.69) is 4.98 Å². The molecule has 1 unspecified atom stereocenters. The number of imidazole rings is 1. The maximum Gasteiger partial charge on any atom is 0.316 e. The Hall–Kier alpha value is -1.21. The first kappa shape index (κ1) is 10.3. The van der Waals surface area contributed by atoms with Crippen LogP contribution in [0.1, 0.15) is 5.69 Å². The summed E-state index contributed by atoms with van der Waals surface area (Å²) in [5.41, 5.74) is 0.668. The summed E-state index contributed by atoms with van der Waals surface area (Å²) in [6.45, 7) is 0. The van der Waals surface area contributed by atoms with Crippen LogP contribution >= 0.6 is 11.3 Å². The number of carboxylic acid groups (broad SMARTS) is 1. The van der Waals surface area contributed by atoms with E-state index in [0.29, 0.717) is 5.69 Å². The number of aliphatic carboxylic acids is 1. The van der Waals surface area contributed by atoms with Crippen molar-refractivity contribution in [2.45, 2.75) is 5.75 Å². The molecule has 0 aliphatic rings. The number of thiazole rings is 1. The molecule has 2 rings (SSSR count). The van der Waals surface area contributed by atoms with Crippen LogP contribution in [0, 0.1) is 0 Å². The summed E-state index contributed by atoms with van der Waals surface area (Å²) in [7, 11) is -1.38. The zero-order valence-corrected chi connectivity index (χ0v) is 9.25. The van der Waals surface area contributed by atoms with Gasteiger partial charge in [0.2, 0.25) is 0 Å². The average Bonchev–Trinajstić information content (AvgIpc) is 2.60. The molecule has 80 valence electrons. The fraction of sp³-hybridized carbons (Fsp3) is 0.250. The van der Waals surface area contributed by atoms with Gasteiger partial charge in [0.1, 0.15) is 5.75 Å². The lowest BCUT2D eigenvalue weighted by Crippen LogP contribution is -2.10. The normalized spacial score (nSPS) is 13.1. The van der Waals surface area contributed by atoms with Gasteiger partial charge in [-0.05, 0) is 0 Å². The summed E-state index contributed by atoms with van der Waals surface area (Å²) in [4.78, 5) is 15.4. The van der Waals surface area contributed by atoms with E-state index < -0.39 is 16.8 Å². The van der Waals surface area contributed by atoms with Gasteiger partial charge in [0.15, 0.2) is 4.96 Å². The Labute approximate surface area is 91.8 Å². The summed E-state index contributed by atoms with van der Waals surface area (Å²) < 4.78 is 13.1. The highest BCUT2D eigenvalue weighted by Gasteiger charge is 2.09. The number of fused-ring (bicyclic) bond motifs is 1. The first-order valence-electron chi connectivity index (χ1n) is 4.13. The summed E-state index contributed by atoms with van der Waals surface area (Å²) in [5, 5.41) is 10.3. The van der Waals surface area contributed by atoms with E-state index >= 15 is 0 Å². The maximum absolute atomic E-state index is 11.3. The lowest BCUT2D eigenvalue weighted by Gasteiger charge is -1.94. The first-order valence-corrected chi connectivity index (χ1v) is 6.50. The maximum atomic E-state index is 11.3. The van der Waals surface area contributed by atoms with Gasteiger partial charge in [-0.3, -0.25) is 13.4 Å². The summed E-state index contributed by atoms with van der Waals surface area (Å²) >= 11 is 1.49. The van der Waals surface area contributed by atoms with Gasteiger partial charge in [0.25, 0.3) is 0 Å². The van der Waals surface area contributed by atoms with Crippen LogP contribution in [0.5, 0.6) is 0 Å². The molecular formula is C8H8N2O3S2. The van der Waals surface area contributed by atoms with Crippen LogP contribution in [0.3, 0.4) is 0 Å². The van der Waals surface area contributed by atoms with Crippen LogP contribution in [0.2, 0.25) is 0 Å². The third kappa shape index (κ3) is 2.42. The fourth-order valence-corrected chi connectivity index (χ4v) is 2.76. The monoisotopic (exact) mass is 244 g/mol. The second kappa shape index (κ2) is 4.11. The van der Waals surface area contributed by atoms with Crippen molar-refractivity contribution in [3.8, 4) is 0 Å². The van der Waals surface area contributed by atoms with E-state index in [-0.39, 0.29) is 11.5 Å². The number of rotatable bonds is 4. The van der Waals surface area contributed by atoms with Gasteiger partial charge in [0, 0.05) is 28.6 Å². The van der Waals surface area contributed by atoms with E-state index in [1.807, 2.05) is 16.0 Å². The number of carboxylic acids is 1. The minimum absolute atomic E-state index is 0.195. The average molecular weight is 244 g/mol. The van der Waals surface area contributed by atoms with E-state index in [1.165, 1.54) is 11.3 Å². The third-order valence-electron chi connectivity index (χ3n) is 1.74. The number of aromatic nitrogens is 2. The largest absolute Gasteiger partial charge is 0.481 e. The molecule has 0 aliphatic carbocycles. The van der Waals surface area contributed by atoms with Gasteiger partial charge in [0.05, 0.1) is 11.4 Å². The fourth-order valence-electron chi connectivity index (χ4n) is 1.20. The molecule has 15 heavy (non-hydrogen) atoms. The van der Waals surface area contributed by atoms with E-state index in [9.17, 15) is 9.00 Å². The number of hydrogen-bond donors (Lipinski definition) is 1. The van der Waals surface area contributed by atoms with Crippen LogP contribution in [-0.4, -0.2) is 30.4 Å². The van der Waals surface area contributed by atoms with Gasteiger partial charge in [-0.25, -0.2) is 4.98 Å². The van der Waals surface area contributed by atoms with E-state index in [0.717, 1.165) is 4.96 Å². The molecule has 0 amide bonds. The minimum atomic E-state index is -1.38. The van der Waals surface area contributed by atoms with Crippen molar-refractivity contribution in [1.82, 2.24) is 9.38 Å². The Morgan fingerprint density at radius 2 is 2.47 bits per heavy atom. The van der Waals surface area contributed by atoms with Crippen molar-refractivity contribution in [3.63, 3.8) is 0 Å². The molecule has 0 fully saturated rings. The van der Waals surface area contributed by atoms with Crippen LogP contribution in [0.4, 0.5) is 0 Å². The van der Waals surface area contributed by atoms with Crippen molar-refractivity contribution in [2.24, 2.45) is 0 Å². The Morgan fingerprint density at radius 3 is 3.13 bits per heavy atom. The topological polar surface area (TPSA) is 71.7 Å². The van der Waals surface area contributed by atoms with Crippen LogP contribution in [-0.2, 0) is 21.3 Å². The molecule has 1 atom stereocenters. The Morgan fingerprint density at radius 1 is 1.67 bits per heavy atom. The summed E-state index contributed by atoms with van der Waals surface area (Å²) in [6, 6.07) is 0. The zero-order valence-electron chi connectivity index (χ0n) is 7.62. The molecule has 0 aliphatic heterocycles. The molecule has 0 radical (unpaired) electrons. The molecule has 0 bridgehead atoms. The van der Waals surface area contributed by atoms with Crippen LogP contribution in [0.15, 0.2) is 17.8 Å². The quantitative estimate of drug-likeness (QED) is 0.860. The minimum Gasteiger partial charge on any atom is -0.481 e. The molecule has 2 aromatic heterocycles. The first-order chi connectivity index (χ1) is 7.15. The van der Waals surface area contributed by atoms with Crippen molar-refractivity contribution >= 4 is 33.1 Å². The standard InChI is InChI=1S/C8H8N2O3S2/c11-7(12)5-15(13)4-6-3-10-1-2-14-8(10)9-6/h1-3H,4-5H2,(H,11,12). The van der Waals surface area contributed by atoms with Crippen LogP contribution in [0.25, 0.3) is 4.96 Å². The summed E-state index contributed by atoms with van der Waals surface area (Å²) in [6.07, 6.45) is 3.63. The second-order valence-corrected chi connectivity index (χ2v) is 5.28. The molecular weight excluding hydrogens is 236 g/mol. The lowest BCUT2D eigenvalue weighted by molar-refractivity contribution is -0.133. The molecule has 2 heterocycles. The van der Waals surface area contributed by atoms with Gasteiger partial charge >= 0.3 is 5.97 Å². The highest BCUT2D eigenvalue weighted by molar-refractivity contribution is 7.84. The van der Waals surface area contributed by atoms with E-state index in [1.54, 1.807) is 6.20 Å². The second-order valence-electron chi connectivity index (χ2n) is 2.95. The van der Waals surface area contributed by atoms with E-state index in [4.69, 9.17) is 5.11 Å².